The summed E-state index contributed by atoms with van der Waals surface area (Å²) in [5.74, 6) is 0.573. The van der Waals surface area contributed by atoms with E-state index in [-0.39, 0.29) is 5.91 Å². The van der Waals surface area contributed by atoms with E-state index in [1.165, 1.54) is 51.5 Å². The monoisotopic (exact) mass is 418 g/mol. The molecule has 0 N–H and O–H groups in total. The van der Waals surface area contributed by atoms with Crippen LogP contribution in [0.25, 0.3) is 6.08 Å². The molecule has 1 saturated heterocycles. The van der Waals surface area contributed by atoms with Gasteiger partial charge in [-0.2, -0.15) is 0 Å². The minimum Gasteiger partial charge on any atom is -0.334 e. The van der Waals surface area contributed by atoms with Gasteiger partial charge in [0.2, 0.25) is 5.91 Å². The van der Waals surface area contributed by atoms with Gasteiger partial charge in [-0.05, 0) is 68.0 Å². The van der Waals surface area contributed by atoms with Crippen LogP contribution in [0.1, 0.15) is 56.2 Å². The Hall–Kier alpha value is -2.53. The minimum absolute atomic E-state index is 0.0456. The second-order valence-corrected chi connectivity index (χ2v) is 8.96. The van der Waals surface area contributed by atoms with Crippen LogP contribution in [0.2, 0.25) is 0 Å². The standard InChI is InChI=1S/C26H34N4O/c31-26(14-13-24-10-4-5-16-28-24)30(19-22-8-6-15-27-18-22)21-23-9-7-17-29(20-23)25-11-2-1-3-12-25/h4-6,8,10,13-16,18,23,25H,1-3,7,9,11-12,17,19-21H2/b14-13+/t23-/m1/s1. The largest absolute Gasteiger partial charge is 0.334 e. The highest BCUT2D eigenvalue weighted by Crippen LogP contribution is 2.27. The second kappa shape index (κ2) is 11.2. The van der Waals surface area contributed by atoms with Crippen LogP contribution in [0.5, 0.6) is 0 Å². The second-order valence-electron chi connectivity index (χ2n) is 8.96. The number of piperidine rings is 1. The number of likely N-dealkylation sites (tertiary alicyclic amines) is 1. The zero-order chi connectivity index (χ0) is 21.3. The fourth-order valence-electron chi connectivity index (χ4n) is 5.02. The van der Waals surface area contributed by atoms with Crippen molar-refractivity contribution in [3.8, 4) is 0 Å². The number of amides is 1. The van der Waals surface area contributed by atoms with Crippen LogP contribution in [0.4, 0.5) is 0 Å². The number of hydrogen-bond acceptors (Lipinski definition) is 4. The Morgan fingerprint density at radius 3 is 2.74 bits per heavy atom. The van der Waals surface area contributed by atoms with Gasteiger partial charge >= 0.3 is 0 Å². The Morgan fingerprint density at radius 2 is 1.97 bits per heavy atom. The van der Waals surface area contributed by atoms with Crippen molar-refractivity contribution in [1.82, 2.24) is 19.8 Å². The Morgan fingerprint density at radius 1 is 1.06 bits per heavy atom. The van der Waals surface area contributed by atoms with Crippen LogP contribution in [0, 0.1) is 5.92 Å². The molecule has 164 valence electrons. The van der Waals surface area contributed by atoms with E-state index < -0.39 is 0 Å². The first-order chi connectivity index (χ1) is 15.3. The number of aromatic nitrogens is 2. The lowest BCUT2D eigenvalue weighted by molar-refractivity contribution is -0.127. The third kappa shape index (κ3) is 6.47. The van der Waals surface area contributed by atoms with E-state index in [9.17, 15) is 4.79 Å². The number of carbonyl (C=O) groups is 1. The lowest BCUT2D eigenvalue weighted by Gasteiger charge is -2.41. The molecular weight excluding hydrogens is 384 g/mol. The molecule has 31 heavy (non-hydrogen) atoms. The number of rotatable bonds is 7. The van der Waals surface area contributed by atoms with E-state index in [2.05, 4.69) is 14.9 Å². The van der Waals surface area contributed by atoms with Crippen LogP contribution in [0.3, 0.4) is 0 Å². The maximum absolute atomic E-state index is 13.2. The van der Waals surface area contributed by atoms with E-state index in [4.69, 9.17) is 0 Å². The molecule has 5 heteroatoms. The number of carbonyl (C=O) groups excluding carboxylic acids is 1. The smallest absolute Gasteiger partial charge is 0.246 e. The molecule has 0 aromatic carbocycles. The average Bonchev–Trinajstić information content (AvgIpc) is 2.84. The van der Waals surface area contributed by atoms with Crippen LogP contribution >= 0.6 is 0 Å². The first-order valence-corrected chi connectivity index (χ1v) is 11.8. The van der Waals surface area contributed by atoms with E-state index in [1.807, 2.05) is 47.5 Å². The summed E-state index contributed by atoms with van der Waals surface area (Å²) in [6.07, 6.45) is 18.1. The summed E-state index contributed by atoms with van der Waals surface area (Å²) in [7, 11) is 0. The lowest BCUT2D eigenvalue weighted by atomic mass is 9.90. The summed E-state index contributed by atoms with van der Waals surface area (Å²) in [5, 5.41) is 0. The molecule has 2 aliphatic rings. The van der Waals surface area contributed by atoms with Crippen LogP contribution < -0.4 is 0 Å². The number of pyridine rings is 2. The Bertz CT molecular complexity index is 833. The predicted molar refractivity (Wildman–Crippen MR) is 124 cm³/mol. The van der Waals surface area contributed by atoms with Crippen LogP contribution in [-0.4, -0.2) is 51.4 Å². The molecule has 0 radical (unpaired) electrons. The summed E-state index contributed by atoms with van der Waals surface area (Å²) in [4.78, 5) is 26.4. The van der Waals surface area contributed by atoms with Gasteiger partial charge in [0, 0.05) is 50.3 Å². The summed E-state index contributed by atoms with van der Waals surface area (Å²) in [6, 6.07) is 10.5. The van der Waals surface area contributed by atoms with Crippen molar-refractivity contribution in [3.05, 3.63) is 66.3 Å². The minimum atomic E-state index is 0.0456. The normalized spacial score (nSPS) is 20.7. The van der Waals surface area contributed by atoms with Crippen molar-refractivity contribution in [1.29, 1.82) is 0 Å². The van der Waals surface area contributed by atoms with Gasteiger partial charge in [0.1, 0.15) is 0 Å². The molecule has 1 saturated carbocycles. The zero-order valence-electron chi connectivity index (χ0n) is 18.4. The maximum Gasteiger partial charge on any atom is 0.246 e. The first kappa shape index (κ1) is 21.7. The maximum atomic E-state index is 13.2. The van der Waals surface area contributed by atoms with Gasteiger partial charge in [0.15, 0.2) is 0 Å². The first-order valence-electron chi connectivity index (χ1n) is 11.8. The molecule has 1 aliphatic carbocycles. The van der Waals surface area contributed by atoms with Gasteiger partial charge in [-0.25, -0.2) is 0 Å². The number of nitrogens with zero attached hydrogens (tertiary/aromatic N) is 4. The van der Waals surface area contributed by atoms with Crippen molar-refractivity contribution in [2.45, 2.75) is 57.5 Å². The Labute approximate surface area is 186 Å². The third-order valence-electron chi connectivity index (χ3n) is 6.61. The van der Waals surface area contributed by atoms with Gasteiger partial charge in [-0.3, -0.25) is 14.8 Å². The summed E-state index contributed by atoms with van der Waals surface area (Å²) in [6.45, 7) is 3.73. The SMILES string of the molecule is O=C(/C=C/c1ccccn1)N(Cc1cccnc1)C[C@@H]1CCCN(C2CCCCC2)C1. The zero-order valence-corrected chi connectivity index (χ0v) is 18.4. The van der Waals surface area contributed by atoms with E-state index in [0.717, 1.165) is 30.4 Å². The molecule has 2 fully saturated rings. The molecule has 3 heterocycles. The Balaban J connectivity index is 1.43. The molecule has 1 amide bonds. The molecule has 5 nitrogen and oxygen atoms in total. The quantitative estimate of drug-likeness (QED) is 0.619. The highest BCUT2D eigenvalue weighted by Gasteiger charge is 2.28. The van der Waals surface area contributed by atoms with Crippen LogP contribution in [0.15, 0.2) is 55.0 Å². The third-order valence-corrected chi connectivity index (χ3v) is 6.61. The highest BCUT2D eigenvalue weighted by atomic mass is 16.2. The molecular formula is C26H34N4O. The molecule has 2 aromatic heterocycles. The molecule has 0 spiro atoms. The van der Waals surface area contributed by atoms with Crippen molar-refractivity contribution in [2.75, 3.05) is 19.6 Å². The summed E-state index contributed by atoms with van der Waals surface area (Å²) < 4.78 is 0. The van der Waals surface area contributed by atoms with Gasteiger partial charge in [-0.1, -0.05) is 31.4 Å². The summed E-state index contributed by atoms with van der Waals surface area (Å²) in [5.41, 5.74) is 1.88. The molecule has 0 unspecified atom stereocenters. The van der Waals surface area contributed by atoms with Crippen molar-refractivity contribution in [3.63, 3.8) is 0 Å². The topological polar surface area (TPSA) is 49.3 Å². The van der Waals surface area contributed by atoms with E-state index in [0.29, 0.717) is 12.5 Å². The predicted octanol–water partition coefficient (Wildman–Crippen LogP) is 4.56. The Kier molecular flexibility index (Phi) is 7.83. The number of hydrogen-bond donors (Lipinski definition) is 0. The highest BCUT2D eigenvalue weighted by molar-refractivity contribution is 5.91. The van der Waals surface area contributed by atoms with Crippen LogP contribution in [-0.2, 0) is 11.3 Å². The summed E-state index contributed by atoms with van der Waals surface area (Å²) >= 11 is 0. The van der Waals surface area contributed by atoms with Crippen molar-refractivity contribution < 1.29 is 4.79 Å². The van der Waals surface area contributed by atoms with E-state index >= 15 is 0 Å². The van der Waals surface area contributed by atoms with E-state index in [1.54, 1.807) is 18.5 Å². The lowest BCUT2D eigenvalue weighted by Crippen LogP contribution is -2.46. The van der Waals surface area contributed by atoms with Gasteiger partial charge < -0.3 is 9.80 Å². The molecule has 0 bridgehead atoms. The molecule has 2 aromatic rings. The van der Waals surface area contributed by atoms with Crippen molar-refractivity contribution in [2.24, 2.45) is 5.92 Å². The molecule has 1 atom stereocenters. The van der Waals surface area contributed by atoms with Crippen molar-refractivity contribution >= 4 is 12.0 Å². The molecule has 1 aliphatic heterocycles. The van der Waals surface area contributed by atoms with Gasteiger partial charge in [0.05, 0.1) is 5.69 Å². The van der Waals surface area contributed by atoms with Gasteiger partial charge in [-0.15, -0.1) is 0 Å². The fraction of sp³-hybridized carbons (Fsp3) is 0.500. The fourth-order valence-corrected chi connectivity index (χ4v) is 5.02. The van der Waals surface area contributed by atoms with Gasteiger partial charge in [0.25, 0.3) is 0 Å². The average molecular weight is 419 g/mol. The molecule has 4 rings (SSSR count).